The van der Waals surface area contributed by atoms with Crippen LogP contribution >= 0.6 is 0 Å². The monoisotopic (exact) mass is 173 g/mol. The van der Waals surface area contributed by atoms with Crippen LogP contribution in [0.4, 0.5) is 0 Å². The van der Waals surface area contributed by atoms with E-state index in [9.17, 15) is 0 Å². The van der Waals surface area contributed by atoms with Gasteiger partial charge in [-0.3, -0.25) is 0 Å². The van der Waals surface area contributed by atoms with Gasteiger partial charge in [-0.25, -0.2) is 0 Å². The Labute approximate surface area is 79.6 Å². The van der Waals surface area contributed by atoms with Crippen LogP contribution in [0.3, 0.4) is 0 Å². The summed E-state index contributed by atoms with van der Waals surface area (Å²) in [6.45, 7) is 6.32. The number of benzene rings is 1. The average molecular weight is 173 g/mol. The molecule has 0 saturated heterocycles. The third kappa shape index (κ3) is 2.56. The average Bonchev–Trinajstić information content (AvgIpc) is 2.17. The fraction of sp³-hybridized carbons (Fsp3) is 0.167. The van der Waals surface area contributed by atoms with E-state index in [1.807, 2.05) is 12.2 Å². The molecular formula is C12H15N. The second-order valence-corrected chi connectivity index (χ2v) is 2.99. The van der Waals surface area contributed by atoms with Gasteiger partial charge in [0.15, 0.2) is 0 Å². The van der Waals surface area contributed by atoms with Crippen molar-refractivity contribution in [3.63, 3.8) is 0 Å². The van der Waals surface area contributed by atoms with E-state index >= 15 is 0 Å². The van der Waals surface area contributed by atoms with Gasteiger partial charge in [-0.15, -0.1) is 0 Å². The van der Waals surface area contributed by atoms with Crippen molar-refractivity contribution < 1.29 is 0 Å². The van der Waals surface area contributed by atoms with Crippen molar-refractivity contribution in [2.45, 2.75) is 13.5 Å². The maximum Gasteiger partial charge on any atom is 0.0178 e. The first-order valence-corrected chi connectivity index (χ1v) is 4.36. The van der Waals surface area contributed by atoms with Gasteiger partial charge in [0.1, 0.15) is 0 Å². The lowest BCUT2D eigenvalue weighted by Gasteiger charge is -2.02. The quantitative estimate of drug-likeness (QED) is 0.699. The molecule has 0 heterocycles. The second kappa shape index (κ2) is 4.63. The summed E-state index contributed by atoms with van der Waals surface area (Å²) in [6, 6.07) is 6.25. The zero-order valence-corrected chi connectivity index (χ0v) is 7.96. The van der Waals surface area contributed by atoms with Gasteiger partial charge < -0.3 is 5.73 Å². The van der Waals surface area contributed by atoms with Crippen molar-refractivity contribution >= 4 is 6.08 Å². The fourth-order valence-electron chi connectivity index (χ4n) is 1.17. The SMILES string of the molecule is C=C/C=C\c1cc(CN)ccc1C. The number of hydrogen-bond donors (Lipinski definition) is 1. The van der Waals surface area contributed by atoms with Crippen LogP contribution in [0.25, 0.3) is 6.08 Å². The molecule has 0 aliphatic rings. The summed E-state index contributed by atoms with van der Waals surface area (Å²) < 4.78 is 0. The van der Waals surface area contributed by atoms with Crippen molar-refractivity contribution in [2.75, 3.05) is 0 Å². The van der Waals surface area contributed by atoms with Crippen LogP contribution in [0.2, 0.25) is 0 Å². The largest absolute Gasteiger partial charge is 0.326 e. The molecule has 1 aromatic carbocycles. The molecule has 0 saturated carbocycles. The third-order valence-electron chi connectivity index (χ3n) is 1.99. The molecule has 1 nitrogen and oxygen atoms in total. The third-order valence-corrected chi connectivity index (χ3v) is 1.99. The Morgan fingerprint density at radius 1 is 1.46 bits per heavy atom. The lowest BCUT2D eigenvalue weighted by atomic mass is 10.0. The Morgan fingerprint density at radius 3 is 2.85 bits per heavy atom. The van der Waals surface area contributed by atoms with Crippen LogP contribution < -0.4 is 5.73 Å². The van der Waals surface area contributed by atoms with Crippen LogP contribution in [-0.4, -0.2) is 0 Å². The molecule has 0 atom stereocenters. The van der Waals surface area contributed by atoms with Gasteiger partial charge in [0, 0.05) is 6.54 Å². The van der Waals surface area contributed by atoms with Gasteiger partial charge in [0.2, 0.25) is 0 Å². The summed E-state index contributed by atoms with van der Waals surface area (Å²) in [5.74, 6) is 0. The van der Waals surface area contributed by atoms with E-state index in [0.29, 0.717) is 6.54 Å². The molecule has 0 aliphatic heterocycles. The van der Waals surface area contributed by atoms with Crippen LogP contribution in [-0.2, 0) is 6.54 Å². The van der Waals surface area contributed by atoms with Crippen LogP contribution in [0, 0.1) is 6.92 Å². The molecule has 0 aliphatic carbocycles. The standard InChI is InChI=1S/C12H15N/c1-3-4-5-12-8-11(9-13)7-6-10(12)2/h3-8H,1,9,13H2,2H3/b5-4-. The highest BCUT2D eigenvalue weighted by Crippen LogP contribution is 2.12. The van der Waals surface area contributed by atoms with Crippen molar-refractivity contribution in [3.05, 3.63) is 53.6 Å². The minimum atomic E-state index is 0.592. The Kier molecular flexibility index (Phi) is 3.47. The zero-order valence-electron chi connectivity index (χ0n) is 7.96. The smallest absolute Gasteiger partial charge is 0.0178 e. The van der Waals surface area contributed by atoms with E-state index < -0.39 is 0 Å². The first-order valence-electron chi connectivity index (χ1n) is 4.36. The summed E-state index contributed by atoms with van der Waals surface area (Å²) in [5, 5.41) is 0. The Hall–Kier alpha value is -1.34. The minimum absolute atomic E-state index is 0.592. The highest BCUT2D eigenvalue weighted by Gasteiger charge is 1.95. The van der Waals surface area contributed by atoms with Crippen molar-refractivity contribution in [3.8, 4) is 0 Å². The highest BCUT2D eigenvalue weighted by atomic mass is 14.5. The van der Waals surface area contributed by atoms with E-state index in [4.69, 9.17) is 5.73 Å². The minimum Gasteiger partial charge on any atom is -0.326 e. The molecule has 0 radical (unpaired) electrons. The van der Waals surface area contributed by atoms with Crippen molar-refractivity contribution in [1.82, 2.24) is 0 Å². The molecule has 1 heteroatoms. The molecule has 0 spiro atoms. The predicted molar refractivity (Wildman–Crippen MR) is 58.3 cm³/mol. The van der Waals surface area contributed by atoms with Crippen molar-refractivity contribution in [2.24, 2.45) is 5.73 Å². The fourth-order valence-corrected chi connectivity index (χ4v) is 1.17. The first kappa shape index (κ1) is 9.75. The summed E-state index contributed by atoms with van der Waals surface area (Å²) in [4.78, 5) is 0. The number of allylic oxidation sites excluding steroid dienone is 2. The summed E-state index contributed by atoms with van der Waals surface area (Å²) in [7, 11) is 0. The van der Waals surface area contributed by atoms with Gasteiger partial charge >= 0.3 is 0 Å². The first-order chi connectivity index (χ1) is 6.27. The molecule has 0 unspecified atom stereocenters. The van der Waals surface area contributed by atoms with Crippen molar-refractivity contribution in [1.29, 1.82) is 0 Å². The Bertz CT molecular complexity index is 324. The molecule has 0 aromatic heterocycles. The normalized spacial score (nSPS) is 10.6. The van der Waals surface area contributed by atoms with Gasteiger partial charge in [-0.05, 0) is 23.6 Å². The lowest BCUT2D eigenvalue weighted by Crippen LogP contribution is -1.96. The summed E-state index contributed by atoms with van der Waals surface area (Å²) >= 11 is 0. The van der Waals surface area contributed by atoms with E-state index in [-0.39, 0.29) is 0 Å². The maximum atomic E-state index is 5.55. The molecular weight excluding hydrogens is 158 g/mol. The molecule has 68 valence electrons. The predicted octanol–water partition coefficient (Wildman–Crippen LogP) is 2.65. The van der Waals surface area contributed by atoms with Gasteiger partial charge in [-0.1, -0.05) is 43.0 Å². The second-order valence-electron chi connectivity index (χ2n) is 2.99. The number of hydrogen-bond acceptors (Lipinski definition) is 1. The summed E-state index contributed by atoms with van der Waals surface area (Å²) in [5.41, 5.74) is 9.19. The zero-order chi connectivity index (χ0) is 9.68. The molecule has 0 fully saturated rings. The van der Waals surface area contributed by atoms with Crippen LogP contribution in [0.15, 0.2) is 36.9 Å². The molecule has 1 rings (SSSR count). The summed E-state index contributed by atoms with van der Waals surface area (Å²) in [6.07, 6.45) is 5.75. The van der Waals surface area contributed by atoms with E-state index in [0.717, 1.165) is 5.56 Å². The van der Waals surface area contributed by atoms with Crippen LogP contribution in [0.5, 0.6) is 0 Å². The number of rotatable bonds is 3. The van der Waals surface area contributed by atoms with Gasteiger partial charge in [0.05, 0.1) is 0 Å². The van der Waals surface area contributed by atoms with E-state index in [2.05, 4.69) is 31.7 Å². The molecule has 1 aromatic rings. The number of aryl methyl sites for hydroxylation is 1. The molecule has 0 bridgehead atoms. The van der Waals surface area contributed by atoms with E-state index in [1.165, 1.54) is 11.1 Å². The lowest BCUT2D eigenvalue weighted by molar-refractivity contribution is 1.07. The Balaban J connectivity index is 3.03. The molecule has 2 N–H and O–H groups in total. The highest BCUT2D eigenvalue weighted by molar-refractivity contribution is 5.55. The van der Waals surface area contributed by atoms with Gasteiger partial charge in [0.25, 0.3) is 0 Å². The van der Waals surface area contributed by atoms with E-state index in [1.54, 1.807) is 6.08 Å². The maximum absolute atomic E-state index is 5.55. The van der Waals surface area contributed by atoms with Gasteiger partial charge in [-0.2, -0.15) is 0 Å². The molecule has 0 amide bonds. The Morgan fingerprint density at radius 2 is 2.23 bits per heavy atom. The number of nitrogens with two attached hydrogens (primary N) is 1. The topological polar surface area (TPSA) is 26.0 Å². The molecule has 13 heavy (non-hydrogen) atoms. The van der Waals surface area contributed by atoms with Crippen LogP contribution in [0.1, 0.15) is 16.7 Å².